The van der Waals surface area contributed by atoms with Crippen molar-refractivity contribution in [1.29, 1.82) is 0 Å². The Morgan fingerprint density at radius 1 is 1.33 bits per heavy atom. The molecule has 0 bridgehead atoms. The van der Waals surface area contributed by atoms with E-state index in [0.717, 1.165) is 6.42 Å². The standard InChI is InChI=1S/C14H22N2O.ClH/c1-3-12-4-6-13(7-5-12)11(2)10-14(17)16-9-8-15;/h4-7,11H,3,8-10,15H2,1-2H3,(H,16,17);1H. The minimum atomic E-state index is 0. The zero-order valence-electron chi connectivity index (χ0n) is 11.1. The van der Waals surface area contributed by atoms with Gasteiger partial charge in [0.2, 0.25) is 5.91 Å². The lowest BCUT2D eigenvalue weighted by molar-refractivity contribution is -0.121. The lowest BCUT2D eigenvalue weighted by Crippen LogP contribution is -2.29. The van der Waals surface area contributed by atoms with E-state index in [1.807, 2.05) is 0 Å². The Morgan fingerprint density at radius 2 is 1.94 bits per heavy atom. The van der Waals surface area contributed by atoms with Gasteiger partial charge in [-0.3, -0.25) is 4.79 Å². The van der Waals surface area contributed by atoms with Crippen LogP contribution in [0.25, 0.3) is 0 Å². The third kappa shape index (κ3) is 5.52. The number of carbonyl (C=O) groups excluding carboxylic acids is 1. The molecule has 0 aromatic heterocycles. The number of halogens is 1. The second-order valence-electron chi connectivity index (χ2n) is 4.34. The smallest absolute Gasteiger partial charge is 0.220 e. The van der Waals surface area contributed by atoms with Crippen molar-refractivity contribution in [2.45, 2.75) is 32.6 Å². The number of hydrogen-bond acceptors (Lipinski definition) is 2. The van der Waals surface area contributed by atoms with Gasteiger partial charge < -0.3 is 11.1 Å². The van der Waals surface area contributed by atoms with Crippen LogP contribution < -0.4 is 11.1 Å². The van der Waals surface area contributed by atoms with Crippen molar-refractivity contribution in [3.63, 3.8) is 0 Å². The number of hydrogen-bond donors (Lipinski definition) is 2. The third-order valence-corrected chi connectivity index (χ3v) is 2.92. The molecular weight excluding hydrogens is 248 g/mol. The second kappa shape index (κ2) is 8.95. The molecule has 1 amide bonds. The van der Waals surface area contributed by atoms with E-state index in [4.69, 9.17) is 5.73 Å². The fourth-order valence-corrected chi connectivity index (χ4v) is 1.76. The van der Waals surface area contributed by atoms with E-state index in [2.05, 4.69) is 43.4 Å². The highest BCUT2D eigenvalue weighted by molar-refractivity contribution is 5.85. The van der Waals surface area contributed by atoms with Crippen LogP contribution in [0.5, 0.6) is 0 Å². The van der Waals surface area contributed by atoms with E-state index < -0.39 is 0 Å². The van der Waals surface area contributed by atoms with Gasteiger partial charge >= 0.3 is 0 Å². The zero-order chi connectivity index (χ0) is 12.7. The zero-order valence-corrected chi connectivity index (χ0v) is 11.9. The maximum atomic E-state index is 11.5. The Kier molecular flexibility index (Phi) is 8.42. The predicted octanol–water partition coefficient (Wildman–Crippen LogP) is 2.24. The summed E-state index contributed by atoms with van der Waals surface area (Å²) in [6.07, 6.45) is 1.57. The molecule has 18 heavy (non-hydrogen) atoms. The number of benzene rings is 1. The van der Waals surface area contributed by atoms with Crippen molar-refractivity contribution in [3.8, 4) is 0 Å². The average molecular weight is 271 g/mol. The number of amides is 1. The van der Waals surface area contributed by atoms with Crippen LogP contribution in [0.4, 0.5) is 0 Å². The topological polar surface area (TPSA) is 55.1 Å². The molecule has 0 aliphatic carbocycles. The molecule has 1 aromatic rings. The van der Waals surface area contributed by atoms with Gasteiger partial charge in [0, 0.05) is 19.5 Å². The molecule has 3 N–H and O–H groups in total. The molecule has 0 saturated carbocycles. The first kappa shape index (κ1) is 16.9. The molecule has 1 rings (SSSR count). The normalized spacial score (nSPS) is 11.5. The Bertz CT molecular complexity index is 351. The molecule has 1 unspecified atom stereocenters. The Morgan fingerprint density at radius 3 is 2.44 bits per heavy atom. The lowest BCUT2D eigenvalue weighted by atomic mass is 9.96. The number of carbonyl (C=O) groups is 1. The Hall–Kier alpha value is -1.06. The summed E-state index contributed by atoms with van der Waals surface area (Å²) in [5, 5.41) is 2.79. The second-order valence-corrected chi connectivity index (χ2v) is 4.34. The monoisotopic (exact) mass is 270 g/mol. The summed E-state index contributed by atoms with van der Waals surface area (Å²) in [4.78, 5) is 11.5. The fraction of sp³-hybridized carbons (Fsp3) is 0.500. The van der Waals surface area contributed by atoms with Crippen molar-refractivity contribution in [2.24, 2.45) is 5.73 Å². The average Bonchev–Trinajstić information content (AvgIpc) is 2.36. The number of nitrogens with one attached hydrogen (secondary N) is 1. The largest absolute Gasteiger partial charge is 0.355 e. The molecule has 102 valence electrons. The summed E-state index contributed by atoms with van der Waals surface area (Å²) < 4.78 is 0. The highest BCUT2D eigenvalue weighted by Gasteiger charge is 2.10. The van der Waals surface area contributed by atoms with Gasteiger partial charge in [-0.1, -0.05) is 38.1 Å². The third-order valence-electron chi connectivity index (χ3n) is 2.92. The molecule has 1 aromatic carbocycles. The van der Waals surface area contributed by atoms with Gasteiger partial charge in [0.05, 0.1) is 0 Å². The van der Waals surface area contributed by atoms with E-state index in [0.29, 0.717) is 19.5 Å². The SMILES string of the molecule is CCc1ccc(C(C)CC(=O)NCCN)cc1.Cl. The van der Waals surface area contributed by atoms with E-state index in [1.54, 1.807) is 0 Å². The van der Waals surface area contributed by atoms with E-state index >= 15 is 0 Å². The molecule has 0 saturated heterocycles. The van der Waals surface area contributed by atoms with Crippen molar-refractivity contribution in [3.05, 3.63) is 35.4 Å². The van der Waals surface area contributed by atoms with Crippen LogP contribution in [0.1, 0.15) is 37.3 Å². The first-order chi connectivity index (χ1) is 8.17. The summed E-state index contributed by atoms with van der Waals surface area (Å²) in [6, 6.07) is 8.48. The molecule has 0 radical (unpaired) electrons. The van der Waals surface area contributed by atoms with E-state index in [-0.39, 0.29) is 24.2 Å². The van der Waals surface area contributed by atoms with Crippen LogP contribution in [0.2, 0.25) is 0 Å². The first-order valence-corrected chi connectivity index (χ1v) is 6.23. The van der Waals surface area contributed by atoms with Crippen molar-refractivity contribution >= 4 is 18.3 Å². The van der Waals surface area contributed by atoms with Crippen molar-refractivity contribution in [2.75, 3.05) is 13.1 Å². The predicted molar refractivity (Wildman–Crippen MR) is 78.2 cm³/mol. The number of rotatable bonds is 6. The maximum absolute atomic E-state index is 11.5. The van der Waals surface area contributed by atoms with Crippen molar-refractivity contribution < 1.29 is 4.79 Å². The lowest BCUT2D eigenvalue weighted by Gasteiger charge is -2.12. The van der Waals surface area contributed by atoms with Gasteiger partial charge in [-0.2, -0.15) is 0 Å². The summed E-state index contributed by atoms with van der Waals surface area (Å²) in [6.45, 7) is 5.26. The van der Waals surface area contributed by atoms with Crippen LogP contribution in [0.3, 0.4) is 0 Å². The fourth-order valence-electron chi connectivity index (χ4n) is 1.76. The van der Waals surface area contributed by atoms with E-state index in [1.165, 1.54) is 11.1 Å². The minimum Gasteiger partial charge on any atom is -0.355 e. The highest BCUT2D eigenvalue weighted by Crippen LogP contribution is 2.19. The van der Waals surface area contributed by atoms with Gasteiger partial charge in [0.1, 0.15) is 0 Å². The van der Waals surface area contributed by atoms with Gasteiger partial charge in [-0.25, -0.2) is 0 Å². The Labute approximate surface area is 116 Å². The van der Waals surface area contributed by atoms with Crippen LogP contribution in [0.15, 0.2) is 24.3 Å². The number of aryl methyl sites for hydroxylation is 1. The molecule has 3 nitrogen and oxygen atoms in total. The van der Waals surface area contributed by atoms with Crippen LogP contribution in [-0.4, -0.2) is 19.0 Å². The van der Waals surface area contributed by atoms with Gasteiger partial charge in [-0.15, -0.1) is 12.4 Å². The summed E-state index contributed by atoms with van der Waals surface area (Å²) >= 11 is 0. The summed E-state index contributed by atoms with van der Waals surface area (Å²) in [7, 11) is 0. The molecule has 4 heteroatoms. The molecule has 0 aliphatic heterocycles. The molecule has 0 spiro atoms. The van der Waals surface area contributed by atoms with Crippen molar-refractivity contribution in [1.82, 2.24) is 5.32 Å². The molecule has 0 aliphatic rings. The van der Waals surface area contributed by atoms with E-state index in [9.17, 15) is 4.79 Å². The molecular formula is C14H23ClN2O. The summed E-state index contributed by atoms with van der Waals surface area (Å²) in [5.74, 6) is 0.321. The molecule has 1 atom stereocenters. The van der Waals surface area contributed by atoms with Gasteiger partial charge in [0.15, 0.2) is 0 Å². The maximum Gasteiger partial charge on any atom is 0.220 e. The van der Waals surface area contributed by atoms with Crippen LogP contribution >= 0.6 is 12.4 Å². The van der Waals surface area contributed by atoms with Gasteiger partial charge in [0.25, 0.3) is 0 Å². The first-order valence-electron chi connectivity index (χ1n) is 6.23. The quantitative estimate of drug-likeness (QED) is 0.833. The van der Waals surface area contributed by atoms with Crippen LogP contribution in [-0.2, 0) is 11.2 Å². The number of nitrogens with two attached hydrogens (primary N) is 1. The molecule has 0 fully saturated rings. The minimum absolute atomic E-state index is 0. The molecule has 0 heterocycles. The van der Waals surface area contributed by atoms with Crippen LogP contribution in [0, 0.1) is 0 Å². The van der Waals surface area contributed by atoms with Gasteiger partial charge in [-0.05, 0) is 23.5 Å². The Balaban J connectivity index is 0.00000289. The summed E-state index contributed by atoms with van der Waals surface area (Å²) in [5.41, 5.74) is 7.88. The highest BCUT2D eigenvalue weighted by atomic mass is 35.5.